The van der Waals surface area contributed by atoms with Crippen molar-refractivity contribution in [2.75, 3.05) is 19.7 Å². The van der Waals surface area contributed by atoms with Crippen LogP contribution in [-0.2, 0) is 23.9 Å². The zero-order chi connectivity index (χ0) is 16.5. The second-order valence-corrected chi connectivity index (χ2v) is 5.07. The molecule has 2 amide bonds. The number of hydrogen-bond donors (Lipinski definition) is 2. The molecule has 1 aliphatic heterocycles. The molecule has 1 fully saturated rings. The molecule has 1 aliphatic rings. The van der Waals surface area contributed by atoms with Crippen LogP contribution in [0.5, 0.6) is 0 Å². The fraction of sp³-hybridized carbons (Fsp3) is 0.714. The van der Waals surface area contributed by atoms with Crippen LogP contribution in [-0.4, -0.2) is 59.5 Å². The summed E-state index contributed by atoms with van der Waals surface area (Å²) in [6.07, 6.45) is 0.920. The number of amides is 2. The third-order valence-corrected chi connectivity index (χ3v) is 3.32. The molecule has 0 spiro atoms. The Labute approximate surface area is 128 Å². The summed E-state index contributed by atoms with van der Waals surface area (Å²) in [6.45, 7) is 2.80. The van der Waals surface area contributed by atoms with E-state index in [-0.39, 0.29) is 32.4 Å². The van der Waals surface area contributed by atoms with Gasteiger partial charge in [-0.15, -0.1) is 0 Å². The lowest BCUT2D eigenvalue weighted by Gasteiger charge is -2.34. The summed E-state index contributed by atoms with van der Waals surface area (Å²) in [6, 6.07) is -0.927. The van der Waals surface area contributed by atoms with E-state index in [2.05, 4.69) is 5.32 Å². The van der Waals surface area contributed by atoms with Crippen molar-refractivity contribution in [3.05, 3.63) is 0 Å². The number of hydrogen-bond acceptors (Lipinski definition) is 5. The van der Waals surface area contributed by atoms with Gasteiger partial charge in [0.15, 0.2) is 0 Å². The number of piperazine rings is 1. The molecular weight excluding hydrogens is 292 g/mol. The molecule has 1 heterocycles. The lowest BCUT2D eigenvalue weighted by Crippen LogP contribution is -2.57. The van der Waals surface area contributed by atoms with Crippen molar-refractivity contribution in [1.29, 1.82) is 0 Å². The Bertz CT molecular complexity index is 437. The molecule has 8 heteroatoms. The van der Waals surface area contributed by atoms with E-state index in [4.69, 9.17) is 9.84 Å². The first kappa shape index (κ1) is 17.9. The van der Waals surface area contributed by atoms with E-state index in [0.29, 0.717) is 6.54 Å². The Balaban J connectivity index is 2.60. The third kappa shape index (κ3) is 5.71. The summed E-state index contributed by atoms with van der Waals surface area (Å²) in [5.41, 5.74) is 0. The van der Waals surface area contributed by atoms with Crippen LogP contribution in [0, 0.1) is 0 Å². The summed E-state index contributed by atoms with van der Waals surface area (Å²) < 4.78 is 5.01. The van der Waals surface area contributed by atoms with Gasteiger partial charge in [-0.2, -0.15) is 0 Å². The maximum atomic E-state index is 12.0. The highest BCUT2D eigenvalue weighted by molar-refractivity contribution is 5.92. The van der Waals surface area contributed by atoms with Gasteiger partial charge in [0.1, 0.15) is 6.04 Å². The van der Waals surface area contributed by atoms with E-state index in [1.54, 1.807) is 0 Å². The standard InChI is InChI=1S/C14H22N2O6/c1-2-3-8-22-13(20)9-10-14(21)15-6-7-16(10)11(17)4-5-12(18)19/h10H,2-9H2,1H3,(H,15,21)(H,18,19)/t10-/m1/s1. The molecule has 0 bridgehead atoms. The van der Waals surface area contributed by atoms with Gasteiger partial charge in [0.05, 0.1) is 19.4 Å². The van der Waals surface area contributed by atoms with Gasteiger partial charge in [-0.1, -0.05) is 13.3 Å². The first-order valence-electron chi connectivity index (χ1n) is 7.40. The predicted molar refractivity (Wildman–Crippen MR) is 75.9 cm³/mol. The molecule has 1 rings (SSSR count). The number of nitrogens with one attached hydrogen (secondary N) is 1. The van der Waals surface area contributed by atoms with Crippen LogP contribution >= 0.6 is 0 Å². The van der Waals surface area contributed by atoms with Crippen LogP contribution in [0.2, 0.25) is 0 Å². The van der Waals surface area contributed by atoms with E-state index in [1.165, 1.54) is 4.90 Å². The second kappa shape index (κ2) is 9.01. The SMILES string of the molecule is CCCCOC(=O)C[C@@H]1C(=O)NCCN1C(=O)CCC(=O)O. The fourth-order valence-corrected chi connectivity index (χ4v) is 2.12. The maximum Gasteiger partial charge on any atom is 0.308 e. The lowest BCUT2D eigenvalue weighted by atomic mass is 10.1. The second-order valence-electron chi connectivity index (χ2n) is 5.07. The Kier molecular flexibility index (Phi) is 7.34. The number of carboxylic acid groups (broad SMARTS) is 1. The molecule has 1 saturated heterocycles. The summed E-state index contributed by atoms with van der Waals surface area (Å²) in [5, 5.41) is 11.2. The monoisotopic (exact) mass is 314 g/mol. The third-order valence-electron chi connectivity index (χ3n) is 3.32. The van der Waals surface area contributed by atoms with E-state index < -0.39 is 29.8 Å². The smallest absolute Gasteiger partial charge is 0.308 e. The van der Waals surface area contributed by atoms with E-state index >= 15 is 0 Å². The minimum absolute atomic E-state index is 0.190. The molecule has 0 radical (unpaired) electrons. The number of esters is 1. The van der Waals surface area contributed by atoms with Crippen LogP contribution in [0.3, 0.4) is 0 Å². The molecule has 0 aliphatic carbocycles. The van der Waals surface area contributed by atoms with Crippen molar-refractivity contribution in [3.8, 4) is 0 Å². The van der Waals surface area contributed by atoms with E-state index in [1.807, 2.05) is 6.92 Å². The highest BCUT2D eigenvalue weighted by Gasteiger charge is 2.34. The van der Waals surface area contributed by atoms with Crippen LogP contribution < -0.4 is 5.32 Å². The van der Waals surface area contributed by atoms with Gasteiger partial charge in [0.2, 0.25) is 11.8 Å². The molecule has 0 saturated carbocycles. The van der Waals surface area contributed by atoms with Gasteiger partial charge < -0.3 is 20.1 Å². The highest BCUT2D eigenvalue weighted by atomic mass is 16.5. The molecule has 0 aromatic heterocycles. The van der Waals surface area contributed by atoms with Gasteiger partial charge in [0, 0.05) is 19.5 Å². The van der Waals surface area contributed by atoms with Crippen LogP contribution in [0.4, 0.5) is 0 Å². The van der Waals surface area contributed by atoms with E-state index in [0.717, 1.165) is 12.8 Å². The summed E-state index contributed by atoms with van der Waals surface area (Å²) in [4.78, 5) is 47.4. The number of carbonyl (C=O) groups is 4. The Hall–Kier alpha value is -2.12. The highest BCUT2D eigenvalue weighted by Crippen LogP contribution is 2.12. The Morgan fingerprint density at radius 3 is 2.73 bits per heavy atom. The number of carbonyl (C=O) groups excluding carboxylic acids is 3. The molecule has 0 aromatic carbocycles. The summed E-state index contributed by atoms with van der Waals surface area (Å²) >= 11 is 0. The fourth-order valence-electron chi connectivity index (χ4n) is 2.12. The predicted octanol–water partition coefficient (Wildman–Crippen LogP) is -0.0884. The topological polar surface area (TPSA) is 113 Å². The zero-order valence-corrected chi connectivity index (χ0v) is 12.7. The minimum atomic E-state index is -1.08. The van der Waals surface area contributed by atoms with Crippen molar-refractivity contribution in [1.82, 2.24) is 10.2 Å². The number of aliphatic carboxylic acids is 1. The lowest BCUT2D eigenvalue weighted by molar-refractivity contribution is -0.152. The molecule has 1 atom stereocenters. The molecule has 8 nitrogen and oxygen atoms in total. The van der Waals surface area contributed by atoms with Crippen LogP contribution in [0.1, 0.15) is 39.0 Å². The maximum absolute atomic E-state index is 12.0. The van der Waals surface area contributed by atoms with Crippen LogP contribution in [0.25, 0.3) is 0 Å². The van der Waals surface area contributed by atoms with Crippen molar-refractivity contribution in [2.24, 2.45) is 0 Å². The zero-order valence-electron chi connectivity index (χ0n) is 12.7. The first-order valence-corrected chi connectivity index (χ1v) is 7.40. The van der Waals surface area contributed by atoms with E-state index in [9.17, 15) is 19.2 Å². The average molecular weight is 314 g/mol. The van der Waals surface area contributed by atoms with Crippen molar-refractivity contribution < 1.29 is 29.0 Å². The van der Waals surface area contributed by atoms with Crippen molar-refractivity contribution in [3.63, 3.8) is 0 Å². The minimum Gasteiger partial charge on any atom is -0.481 e. The van der Waals surface area contributed by atoms with Gasteiger partial charge in [-0.25, -0.2) is 0 Å². The van der Waals surface area contributed by atoms with Crippen molar-refractivity contribution in [2.45, 2.75) is 45.1 Å². The van der Waals surface area contributed by atoms with Gasteiger partial charge >= 0.3 is 11.9 Å². The number of rotatable bonds is 8. The normalized spacial score (nSPS) is 17.8. The van der Waals surface area contributed by atoms with Gasteiger partial charge in [-0.05, 0) is 6.42 Å². The first-order chi connectivity index (χ1) is 10.5. The number of carboxylic acids is 1. The van der Waals surface area contributed by atoms with Crippen LogP contribution in [0.15, 0.2) is 0 Å². The quantitative estimate of drug-likeness (QED) is 0.478. The molecular formula is C14H22N2O6. The number of unbranched alkanes of at least 4 members (excludes halogenated alkanes) is 1. The molecule has 2 N–H and O–H groups in total. The molecule has 22 heavy (non-hydrogen) atoms. The number of ether oxygens (including phenoxy) is 1. The number of nitrogens with zero attached hydrogens (tertiary/aromatic N) is 1. The Morgan fingerprint density at radius 2 is 2.09 bits per heavy atom. The van der Waals surface area contributed by atoms with Gasteiger partial charge in [-0.3, -0.25) is 19.2 Å². The van der Waals surface area contributed by atoms with Gasteiger partial charge in [0.25, 0.3) is 0 Å². The average Bonchev–Trinajstić information content (AvgIpc) is 2.47. The van der Waals surface area contributed by atoms with Crippen molar-refractivity contribution >= 4 is 23.8 Å². The summed E-state index contributed by atoms with van der Waals surface area (Å²) in [7, 11) is 0. The Morgan fingerprint density at radius 1 is 1.36 bits per heavy atom. The molecule has 0 aromatic rings. The molecule has 0 unspecified atom stereocenters. The molecule has 124 valence electrons. The largest absolute Gasteiger partial charge is 0.481 e. The summed E-state index contributed by atoms with van der Waals surface area (Å²) in [5.74, 6) is -2.47.